The van der Waals surface area contributed by atoms with E-state index in [4.69, 9.17) is 4.98 Å². The van der Waals surface area contributed by atoms with E-state index in [9.17, 15) is 4.79 Å². The van der Waals surface area contributed by atoms with Gasteiger partial charge >= 0.3 is 0 Å². The minimum absolute atomic E-state index is 0.186. The highest BCUT2D eigenvalue weighted by Crippen LogP contribution is 2.33. The molecule has 1 aliphatic carbocycles. The molecule has 12 heteroatoms. The van der Waals surface area contributed by atoms with Gasteiger partial charge in [-0.3, -0.25) is 10.1 Å². The Morgan fingerprint density at radius 2 is 1.82 bits per heavy atom. The number of benzene rings is 2. The molecule has 2 aliphatic rings. The van der Waals surface area contributed by atoms with Crippen molar-refractivity contribution < 1.29 is 4.79 Å². The molecule has 39 heavy (non-hydrogen) atoms. The second kappa shape index (κ2) is 9.70. The summed E-state index contributed by atoms with van der Waals surface area (Å²) in [5.41, 5.74) is 5.16. The smallest absolute Gasteiger partial charge is 0.257 e. The van der Waals surface area contributed by atoms with Crippen molar-refractivity contribution in [2.24, 2.45) is 0 Å². The van der Waals surface area contributed by atoms with Crippen LogP contribution in [0.3, 0.4) is 0 Å². The number of carbonyl (C=O) groups excluding carboxylic acids is 1. The summed E-state index contributed by atoms with van der Waals surface area (Å²) in [6.07, 6.45) is 8.70. The molecule has 1 saturated heterocycles. The van der Waals surface area contributed by atoms with Crippen molar-refractivity contribution >= 4 is 51.2 Å². The molecule has 4 heterocycles. The summed E-state index contributed by atoms with van der Waals surface area (Å²) in [5.74, 6) is 1.20. The van der Waals surface area contributed by atoms with Crippen molar-refractivity contribution in [1.82, 2.24) is 39.8 Å². The van der Waals surface area contributed by atoms with E-state index in [-0.39, 0.29) is 5.91 Å². The van der Waals surface area contributed by atoms with E-state index >= 15 is 0 Å². The lowest BCUT2D eigenvalue weighted by Gasteiger charge is -2.35. The van der Waals surface area contributed by atoms with Gasteiger partial charge in [-0.2, -0.15) is 15.4 Å². The molecule has 2 aromatic carbocycles. The second-order valence-electron chi connectivity index (χ2n) is 10.5. The maximum Gasteiger partial charge on any atom is 0.257 e. The molecule has 0 bridgehead atoms. The summed E-state index contributed by atoms with van der Waals surface area (Å²) in [6, 6.07) is 9.86. The number of hydrogen-bond donors (Lipinski definition) is 4. The molecule has 5 aromatic rings. The Labute approximate surface area is 224 Å². The number of carbonyl (C=O) groups is 1. The van der Waals surface area contributed by atoms with Gasteiger partial charge in [-0.05, 0) is 50.2 Å². The molecule has 1 saturated carbocycles. The molecule has 3 aromatic heterocycles. The molecule has 0 atom stereocenters. The lowest BCUT2D eigenvalue weighted by molar-refractivity contribution is 0.102. The maximum atomic E-state index is 13.7. The first-order valence-electron chi connectivity index (χ1n) is 13.5. The molecule has 0 spiro atoms. The van der Waals surface area contributed by atoms with Gasteiger partial charge in [-0.1, -0.05) is 12.8 Å². The van der Waals surface area contributed by atoms with Gasteiger partial charge in [-0.15, -0.1) is 0 Å². The van der Waals surface area contributed by atoms with Gasteiger partial charge in [0.15, 0.2) is 0 Å². The minimum Gasteiger partial charge on any atom is -0.368 e. The standard InChI is InChI=1S/C27H31N11O/c1-36-10-12-37(13-11-36)24-16-22-21(15-19(24)25(39)29-17-6-7-20-23(14-17)34-35-33-20)30-26(31-22)32-27-28-8-9-38(27)18-4-2-3-5-18/h6-9,14-16,18H,2-5,10-13H2,1H3,(H,29,39)(H,33,34,35)(H2,28,30,31,32). The lowest BCUT2D eigenvalue weighted by Crippen LogP contribution is -2.45. The Balaban J connectivity index is 1.22. The first kappa shape index (κ1) is 23.7. The topological polar surface area (TPSA) is 136 Å². The minimum atomic E-state index is -0.186. The zero-order valence-electron chi connectivity index (χ0n) is 21.8. The number of anilines is 4. The number of fused-ring (bicyclic) bond motifs is 2. The van der Waals surface area contributed by atoms with Crippen LogP contribution in [-0.2, 0) is 0 Å². The van der Waals surface area contributed by atoms with Crippen LogP contribution >= 0.6 is 0 Å². The van der Waals surface area contributed by atoms with Crippen LogP contribution in [0.5, 0.6) is 0 Å². The van der Waals surface area contributed by atoms with Crippen LogP contribution in [0.15, 0.2) is 42.7 Å². The van der Waals surface area contributed by atoms with E-state index in [0.29, 0.717) is 28.8 Å². The Bertz CT molecular complexity index is 1640. The van der Waals surface area contributed by atoms with Crippen LogP contribution in [0.2, 0.25) is 0 Å². The highest BCUT2D eigenvalue weighted by atomic mass is 16.1. The fourth-order valence-electron chi connectivity index (χ4n) is 5.71. The van der Waals surface area contributed by atoms with Gasteiger partial charge in [0.1, 0.15) is 11.0 Å². The molecule has 2 fully saturated rings. The Kier molecular flexibility index (Phi) is 5.88. The van der Waals surface area contributed by atoms with E-state index in [1.807, 2.05) is 42.7 Å². The number of imidazole rings is 2. The Morgan fingerprint density at radius 1 is 1.00 bits per heavy atom. The number of aromatic amines is 2. The Hall–Kier alpha value is -4.45. The fourth-order valence-corrected chi connectivity index (χ4v) is 5.71. The predicted molar refractivity (Wildman–Crippen MR) is 151 cm³/mol. The molecule has 0 unspecified atom stereocenters. The quantitative estimate of drug-likeness (QED) is 0.262. The van der Waals surface area contributed by atoms with Crippen LogP contribution in [0, 0.1) is 0 Å². The zero-order chi connectivity index (χ0) is 26.3. The average molecular weight is 526 g/mol. The van der Waals surface area contributed by atoms with Gasteiger partial charge in [0.2, 0.25) is 11.9 Å². The second-order valence-corrected chi connectivity index (χ2v) is 10.5. The van der Waals surface area contributed by atoms with Crippen molar-refractivity contribution in [1.29, 1.82) is 0 Å². The van der Waals surface area contributed by atoms with Crippen LogP contribution < -0.4 is 15.5 Å². The van der Waals surface area contributed by atoms with Gasteiger partial charge in [0.25, 0.3) is 5.91 Å². The molecule has 0 radical (unpaired) electrons. The third kappa shape index (κ3) is 4.56. The normalized spacial score (nSPS) is 16.9. The Morgan fingerprint density at radius 3 is 2.67 bits per heavy atom. The highest BCUT2D eigenvalue weighted by Gasteiger charge is 2.24. The van der Waals surface area contributed by atoms with E-state index in [1.54, 1.807) is 0 Å². The number of likely N-dealkylation sites (N-methyl/N-ethyl adjacent to an activating group) is 1. The SMILES string of the molecule is CN1CCN(c2cc3nc(Nc4nccn4C4CCCC4)[nH]c3cc2C(=O)Nc2ccc3n[nH]nc3c2)CC1. The first-order chi connectivity index (χ1) is 19.1. The van der Waals surface area contributed by atoms with Crippen LogP contribution in [-0.4, -0.2) is 79.0 Å². The largest absolute Gasteiger partial charge is 0.368 e. The van der Waals surface area contributed by atoms with Crippen molar-refractivity contribution in [3.8, 4) is 0 Å². The number of nitrogens with zero attached hydrogens (tertiary/aromatic N) is 7. The van der Waals surface area contributed by atoms with Crippen molar-refractivity contribution in [3.63, 3.8) is 0 Å². The number of rotatable bonds is 6. The number of H-pyrrole nitrogens is 2. The first-order valence-corrected chi connectivity index (χ1v) is 13.5. The maximum absolute atomic E-state index is 13.7. The molecule has 4 N–H and O–H groups in total. The third-order valence-electron chi connectivity index (χ3n) is 7.88. The molecule has 12 nitrogen and oxygen atoms in total. The zero-order valence-corrected chi connectivity index (χ0v) is 21.8. The summed E-state index contributed by atoms with van der Waals surface area (Å²) in [5, 5.41) is 17.3. The van der Waals surface area contributed by atoms with E-state index in [2.05, 4.69) is 57.4 Å². The average Bonchev–Trinajstić information content (AvgIpc) is 3.75. The number of amides is 1. The monoisotopic (exact) mass is 525 g/mol. The highest BCUT2D eigenvalue weighted by molar-refractivity contribution is 6.11. The molecule has 1 amide bonds. The summed E-state index contributed by atoms with van der Waals surface area (Å²) >= 11 is 0. The summed E-state index contributed by atoms with van der Waals surface area (Å²) in [4.78, 5) is 31.0. The molecule has 7 rings (SSSR count). The molecule has 200 valence electrons. The van der Waals surface area contributed by atoms with Gasteiger partial charge in [0.05, 0.1) is 22.3 Å². The summed E-state index contributed by atoms with van der Waals surface area (Å²) < 4.78 is 2.21. The number of aromatic nitrogens is 7. The summed E-state index contributed by atoms with van der Waals surface area (Å²) in [7, 11) is 2.12. The van der Waals surface area contributed by atoms with E-state index in [1.165, 1.54) is 25.7 Å². The molecular formula is C27H31N11O. The van der Waals surface area contributed by atoms with Gasteiger partial charge in [0, 0.05) is 50.3 Å². The van der Waals surface area contributed by atoms with Crippen molar-refractivity contribution in [2.75, 3.05) is 48.8 Å². The third-order valence-corrected chi connectivity index (χ3v) is 7.88. The van der Waals surface area contributed by atoms with E-state index in [0.717, 1.165) is 54.4 Å². The number of hydrogen-bond acceptors (Lipinski definition) is 8. The number of nitrogens with one attached hydrogen (secondary N) is 4. The van der Waals surface area contributed by atoms with E-state index < -0.39 is 0 Å². The van der Waals surface area contributed by atoms with Crippen LogP contribution in [0.4, 0.5) is 23.3 Å². The van der Waals surface area contributed by atoms with Gasteiger partial charge < -0.3 is 24.7 Å². The van der Waals surface area contributed by atoms with Crippen molar-refractivity contribution in [3.05, 3.63) is 48.3 Å². The van der Waals surface area contributed by atoms with Crippen molar-refractivity contribution in [2.45, 2.75) is 31.7 Å². The fraction of sp³-hybridized carbons (Fsp3) is 0.370. The van der Waals surface area contributed by atoms with Crippen LogP contribution in [0.25, 0.3) is 22.1 Å². The lowest BCUT2D eigenvalue weighted by atomic mass is 10.1. The molecule has 1 aliphatic heterocycles. The predicted octanol–water partition coefficient (Wildman–Crippen LogP) is 3.89. The number of piperazine rings is 1. The van der Waals surface area contributed by atoms with Gasteiger partial charge in [-0.25, -0.2) is 9.97 Å². The van der Waals surface area contributed by atoms with Crippen LogP contribution in [0.1, 0.15) is 42.1 Å². The molecular weight excluding hydrogens is 494 g/mol. The summed E-state index contributed by atoms with van der Waals surface area (Å²) in [6.45, 7) is 3.53.